The van der Waals surface area contributed by atoms with Crippen LogP contribution < -0.4 is 4.74 Å². The fourth-order valence-electron chi connectivity index (χ4n) is 0.794. The zero-order valence-corrected chi connectivity index (χ0v) is 8.96. The lowest BCUT2D eigenvalue weighted by Gasteiger charge is -2.05. The lowest BCUT2D eigenvalue weighted by Crippen LogP contribution is -2.02. The van der Waals surface area contributed by atoms with Crippen LogP contribution in [0.2, 0.25) is 0 Å². The molecule has 1 N–H and O–H groups in total. The van der Waals surface area contributed by atoms with Crippen molar-refractivity contribution in [1.82, 2.24) is 4.98 Å². The largest absolute Gasteiger partial charge is 0.492 e. The summed E-state index contributed by atoms with van der Waals surface area (Å²) in [5.74, 6) is -0.00926. The van der Waals surface area contributed by atoms with Crippen molar-refractivity contribution in [2.45, 2.75) is 4.90 Å². The molecule has 0 amide bonds. The lowest BCUT2D eigenvalue weighted by atomic mass is 10.5. The van der Waals surface area contributed by atoms with Gasteiger partial charge in [-0.1, -0.05) is 0 Å². The Kier molecular flexibility index (Phi) is 2.89. The monoisotopic (exact) mass is 267 g/mol. The van der Waals surface area contributed by atoms with E-state index in [0.717, 1.165) is 6.07 Å². The third-order valence-electron chi connectivity index (χ3n) is 1.31. The van der Waals surface area contributed by atoms with Gasteiger partial charge in [0.2, 0.25) is 0 Å². The van der Waals surface area contributed by atoms with E-state index >= 15 is 0 Å². The van der Waals surface area contributed by atoms with Crippen LogP contribution in [0.25, 0.3) is 0 Å². The summed E-state index contributed by atoms with van der Waals surface area (Å²) < 4.78 is 35.3. The normalized spacial score (nSPS) is 11.3. The second kappa shape index (κ2) is 3.60. The fraction of sp³-hybridized carbons (Fsp3) is 0.167. The van der Waals surface area contributed by atoms with Crippen molar-refractivity contribution < 1.29 is 17.7 Å². The van der Waals surface area contributed by atoms with Gasteiger partial charge in [-0.3, -0.25) is 4.55 Å². The van der Waals surface area contributed by atoms with Crippen molar-refractivity contribution in [2.75, 3.05) is 7.11 Å². The quantitative estimate of drug-likeness (QED) is 0.642. The lowest BCUT2D eigenvalue weighted by molar-refractivity contribution is 0.392. The number of halogens is 1. The first kappa shape index (κ1) is 10.4. The SMILES string of the molecule is COc1c(S(=O)(=O)O)ccnc1Br. The van der Waals surface area contributed by atoms with Gasteiger partial charge in [0, 0.05) is 6.20 Å². The van der Waals surface area contributed by atoms with Gasteiger partial charge >= 0.3 is 0 Å². The van der Waals surface area contributed by atoms with E-state index in [9.17, 15) is 8.42 Å². The zero-order chi connectivity index (χ0) is 10.1. The number of rotatable bonds is 2. The molecule has 72 valence electrons. The molecule has 0 aliphatic carbocycles. The molecule has 1 aromatic rings. The summed E-state index contributed by atoms with van der Waals surface area (Å²) in [5.41, 5.74) is 0. The van der Waals surface area contributed by atoms with E-state index in [2.05, 4.69) is 20.9 Å². The van der Waals surface area contributed by atoms with Crippen LogP contribution in [-0.4, -0.2) is 25.1 Å². The molecule has 0 spiro atoms. The van der Waals surface area contributed by atoms with Gasteiger partial charge in [-0.25, -0.2) is 4.98 Å². The van der Waals surface area contributed by atoms with Crippen LogP contribution in [-0.2, 0) is 10.1 Å². The second-order valence-corrected chi connectivity index (χ2v) is 4.25. The molecular formula is C6H6BrNO4S. The van der Waals surface area contributed by atoms with Crippen molar-refractivity contribution in [1.29, 1.82) is 0 Å². The van der Waals surface area contributed by atoms with Crippen LogP contribution in [0, 0.1) is 0 Å². The summed E-state index contributed by atoms with van der Waals surface area (Å²) in [5, 5.41) is 0. The third-order valence-corrected chi connectivity index (χ3v) is 2.75. The highest BCUT2D eigenvalue weighted by Gasteiger charge is 2.18. The van der Waals surface area contributed by atoms with Gasteiger partial charge in [0.05, 0.1) is 7.11 Å². The van der Waals surface area contributed by atoms with Gasteiger partial charge < -0.3 is 4.74 Å². The molecule has 1 rings (SSSR count). The molecule has 13 heavy (non-hydrogen) atoms. The van der Waals surface area contributed by atoms with Crippen LogP contribution in [0.4, 0.5) is 0 Å². The molecule has 0 unspecified atom stereocenters. The highest BCUT2D eigenvalue weighted by Crippen LogP contribution is 2.29. The second-order valence-electron chi connectivity index (χ2n) is 2.11. The van der Waals surface area contributed by atoms with Crippen molar-refractivity contribution in [3.05, 3.63) is 16.9 Å². The minimum atomic E-state index is -4.26. The Bertz CT molecular complexity index is 417. The standard InChI is InChI=1S/C6H6BrNO4S/c1-12-5-4(13(9,10)11)2-3-8-6(5)7/h2-3H,1H3,(H,9,10,11). The predicted octanol–water partition coefficient (Wildman–Crippen LogP) is 1.10. The van der Waals surface area contributed by atoms with E-state index < -0.39 is 10.1 Å². The summed E-state index contributed by atoms with van der Waals surface area (Å²) in [4.78, 5) is 3.43. The molecule has 0 aliphatic heterocycles. The van der Waals surface area contributed by atoms with Gasteiger partial charge in [-0.2, -0.15) is 8.42 Å². The fourth-order valence-corrected chi connectivity index (χ4v) is 2.07. The van der Waals surface area contributed by atoms with Crippen LogP contribution in [0.5, 0.6) is 5.75 Å². The number of aromatic nitrogens is 1. The molecular weight excluding hydrogens is 262 g/mol. The number of hydrogen-bond acceptors (Lipinski definition) is 4. The van der Waals surface area contributed by atoms with Gasteiger partial charge in [0.15, 0.2) is 5.75 Å². The molecule has 0 bridgehead atoms. The summed E-state index contributed by atoms with van der Waals surface area (Å²) >= 11 is 2.99. The van der Waals surface area contributed by atoms with Crippen LogP contribution >= 0.6 is 15.9 Å². The van der Waals surface area contributed by atoms with Gasteiger partial charge in [-0.15, -0.1) is 0 Å². The topological polar surface area (TPSA) is 76.5 Å². The van der Waals surface area contributed by atoms with Crippen LogP contribution in [0.1, 0.15) is 0 Å². The molecule has 7 heteroatoms. The maximum atomic E-state index is 10.8. The molecule has 0 radical (unpaired) electrons. The Labute approximate surface area is 83.6 Å². The Hall–Kier alpha value is -0.660. The smallest absolute Gasteiger partial charge is 0.298 e. The highest BCUT2D eigenvalue weighted by atomic mass is 79.9. The van der Waals surface area contributed by atoms with E-state index in [1.807, 2.05) is 0 Å². The Morgan fingerprint density at radius 3 is 2.62 bits per heavy atom. The summed E-state index contributed by atoms with van der Waals surface area (Å²) in [7, 11) is -2.97. The molecule has 1 heterocycles. The number of pyridine rings is 1. The third kappa shape index (κ3) is 2.17. The van der Waals surface area contributed by atoms with Crippen molar-refractivity contribution in [3.8, 4) is 5.75 Å². The molecule has 0 saturated heterocycles. The molecule has 0 atom stereocenters. The molecule has 1 aromatic heterocycles. The molecule has 0 aliphatic rings. The first-order chi connectivity index (χ1) is 5.96. The average Bonchev–Trinajstić information content (AvgIpc) is 2.02. The Morgan fingerprint density at radius 2 is 2.23 bits per heavy atom. The highest BCUT2D eigenvalue weighted by molar-refractivity contribution is 9.10. The predicted molar refractivity (Wildman–Crippen MR) is 48.3 cm³/mol. The van der Waals surface area contributed by atoms with E-state index in [0.29, 0.717) is 0 Å². The molecule has 0 fully saturated rings. The summed E-state index contributed by atoms with van der Waals surface area (Å²) in [6, 6.07) is 1.15. The Morgan fingerprint density at radius 1 is 1.62 bits per heavy atom. The molecule has 5 nitrogen and oxygen atoms in total. The van der Waals surface area contributed by atoms with E-state index in [1.54, 1.807) is 0 Å². The minimum absolute atomic E-state index is 0.00926. The maximum Gasteiger partial charge on any atom is 0.298 e. The van der Waals surface area contributed by atoms with Gasteiger partial charge in [0.25, 0.3) is 10.1 Å². The van der Waals surface area contributed by atoms with Crippen molar-refractivity contribution >= 4 is 26.0 Å². The molecule has 0 aromatic carbocycles. The van der Waals surface area contributed by atoms with Crippen molar-refractivity contribution in [2.24, 2.45) is 0 Å². The number of nitrogens with zero attached hydrogens (tertiary/aromatic N) is 1. The number of methoxy groups -OCH3 is 1. The maximum absolute atomic E-state index is 10.8. The number of hydrogen-bond donors (Lipinski definition) is 1. The van der Waals surface area contributed by atoms with Crippen LogP contribution in [0.15, 0.2) is 21.8 Å². The first-order valence-corrected chi connectivity index (χ1v) is 5.36. The summed E-state index contributed by atoms with van der Waals surface area (Å²) in [6.45, 7) is 0. The van der Waals surface area contributed by atoms with E-state index in [4.69, 9.17) is 9.29 Å². The van der Waals surface area contributed by atoms with Gasteiger partial charge in [0.1, 0.15) is 9.50 Å². The first-order valence-electron chi connectivity index (χ1n) is 3.13. The zero-order valence-electron chi connectivity index (χ0n) is 6.56. The Balaban J connectivity index is 3.47. The minimum Gasteiger partial charge on any atom is -0.492 e. The summed E-state index contributed by atoms with van der Waals surface area (Å²) in [6.07, 6.45) is 1.25. The van der Waals surface area contributed by atoms with Crippen LogP contribution in [0.3, 0.4) is 0 Å². The average molecular weight is 268 g/mol. The van der Waals surface area contributed by atoms with Gasteiger partial charge in [-0.05, 0) is 22.0 Å². The van der Waals surface area contributed by atoms with E-state index in [-0.39, 0.29) is 15.2 Å². The van der Waals surface area contributed by atoms with Crippen molar-refractivity contribution in [3.63, 3.8) is 0 Å². The molecule has 0 saturated carbocycles. The number of ether oxygens (including phenoxy) is 1. The van der Waals surface area contributed by atoms with E-state index in [1.165, 1.54) is 13.3 Å².